The monoisotopic (exact) mass is 651 g/mol. The summed E-state index contributed by atoms with van der Waals surface area (Å²) in [5.74, 6) is -1.98. The predicted octanol–water partition coefficient (Wildman–Crippen LogP) is 4.20. The molecule has 0 saturated carbocycles. The maximum absolute atomic E-state index is 14.1. The fraction of sp³-hybridized carbons (Fsp3) is 0.406. The molecule has 3 aliphatic rings. The number of thiazole rings is 1. The van der Waals surface area contributed by atoms with Gasteiger partial charge in [-0.1, -0.05) is 29.2 Å². The number of esters is 1. The number of piperidine rings is 1. The zero-order chi connectivity index (χ0) is 31.7. The molecule has 3 aliphatic heterocycles. The smallest absolute Gasteiger partial charge is 0.338 e. The number of imide groups is 1. The van der Waals surface area contributed by atoms with Crippen molar-refractivity contribution in [3.63, 3.8) is 0 Å². The number of carbonyl (C=O) groups excluding carboxylic acids is 4. The van der Waals surface area contributed by atoms with Crippen molar-refractivity contribution >= 4 is 52.5 Å². The number of hydrogen-bond acceptors (Lipinski definition) is 10. The lowest BCUT2D eigenvalue weighted by atomic mass is 9.83. The van der Waals surface area contributed by atoms with Crippen molar-refractivity contribution in [3.05, 3.63) is 68.1 Å². The second kappa shape index (κ2) is 13.1. The molecule has 3 atom stereocenters. The number of amides is 3. The van der Waals surface area contributed by atoms with Gasteiger partial charge in [0.05, 0.1) is 35.4 Å². The molecule has 2 aromatic carbocycles. The first-order valence-electron chi connectivity index (χ1n) is 15.0. The number of fused-ring (bicyclic) bond motifs is 2. The van der Waals surface area contributed by atoms with Crippen molar-refractivity contribution in [2.75, 3.05) is 37.8 Å². The van der Waals surface area contributed by atoms with E-state index >= 15 is 0 Å². The number of aromatic nitrogens is 1. The lowest BCUT2D eigenvalue weighted by Crippen LogP contribution is -2.38. The third-order valence-electron chi connectivity index (χ3n) is 8.15. The van der Waals surface area contributed by atoms with Crippen molar-refractivity contribution in [1.82, 2.24) is 9.88 Å². The molecule has 1 aromatic heterocycles. The van der Waals surface area contributed by atoms with Crippen LogP contribution in [0, 0.1) is 5.92 Å². The van der Waals surface area contributed by atoms with Crippen LogP contribution in [-0.4, -0.2) is 71.7 Å². The van der Waals surface area contributed by atoms with Crippen LogP contribution in [0.15, 0.2) is 52.3 Å². The molecule has 11 nitrogen and oxygen atoms in total. The summed E-state index contributed by atoms with van der Waals surface area (Å²) in [6.07, 6.45) is 3.09. The average molecular weight is 652 g/mol. The number of anilines is 1. The van der Waals surface area contributed by atoms with E-state index in [0.717, 1.165) is 48.6 Å². The van der Waals surface area contributed by atoms with Gasteiger partial charge in [-0.05, 0) is 75.1 Å². The normalized spacial score (nSPS) is 20.9. The van der Waals surface area contributed by atoms with Gasteiger partial charge in [0, 0.05) is 23.9 Å². The summed E-state index contributed by atoms with van der Waals surface area (Å²) in [6, 6.07) is 11.4. The molecule has 0 radical (unpaired) electrons. The first kappa shape index (κ1) is 30.9. The molecule has 0 spiro atoms. The fourth-order valence-corrected chi connectivity index (χ4v) is 8.59. The minimum Gasteiger partial charge on any atom is -0.490 e. The summed E-state index contributed by atoms with van der Waals surface area (Å²) in [7, 11) is 0. The van der Waals surface area contributed by atoms with Crippen LogP contribution in [0.1, 0.15) is 59.8 Å². The van der Waals surface area contributed by atoms with Gasteiger partial charge in [0.1, 0.15) is 5.25 Å². The van der Waals surface area contributed by atoms with E-state index in [1.54, 1.807) is 37.3 Å². The van der Waals surface area contributed by atoms with Crippen LogP contribution in [0.4, 0.5) is 5.69 Å². The van der Waals surface area contributed by atoms with Crippen LogP contribution < -0.4 is 19.2 Å². The Kier molecular flexibility index (Phi) is 8.99. The van der Waals surface area contributed by atoms with E-state index in [9.17, 15) is 24.0 Å². The van der Waals surface area contributed by atoms with Crippen LogP contribution in [0.5, 0.6) is 11.5 Å². The van der Waals surface area contributed by atoms with Gasteiger partial charge < -0.3 is 24.1 Å². The van der Waals surface area contributed by atoms with Gasteiger partial charge in [0.25, 0.3) is 5.91 Å². The highest BCUT2D eigenvalue weighted by Crippen LogP contribution is 2.53. The van der Waals surface area contributed by atoms with Gasteiger partial charge in [-0.25, -0.2) is 9.69 Å². The number of ether oxygens (including phenoxy) is 3. The third-order valence-corrected chi connectivity index (χ3v) is 10.5. The molecule has 6 rings (SSSR count). The van der Waals surface area contributed by atoms with Crippen LogP contribution in [0.2, 0.25) is 0 Å². The lowest BCUT2D eigenvalue weighted by Gasteiger charge is -2.30. The largest absolute Gasteiger partial charge is 0.490 e. The Bertz CT molecular complexity index is 1680. The van der Waals surface area contributed by atoms with E-state index in [-0.39, 0.29) is 24.0 Å². The molecule has 3 amide bonds. The van der Waals surface area contributed by atoms with Crippen LogP contribution in [-0.2, 0) is 19.1 Å². The van der Waals surface area contributed by atoms with Crippen LogP contribution >= 0.6 is 23.1 Å². The van der Waals surface area contributed by atoms with Crippen molar-refractivity contribution in [3.8, 4) is 11.5 Å². The Hall–Kier alpha value is -4.10. The van der Waals surface area contributed by atoms with E-state index in [1.165, 1.54) is 23.9 Å². The molecule has 4 heterocycles. The average Bonchev–Trinajstić information content (AvgIpc) is 3.54. The lowest BCUT2D eigenvalue weighted by molar-refractivity contribution is -0.134. The summed E-state index contributed by atoms with van der Waals surface area (Å²) in [6.45, 7) is 5.44. The molecule has 1 N–H and O–H groups in total. The quantitative estimate of drug-likeness (QED) is 0.267. The third kappa shape index (κ3) is 5.98. The zero-order valence-electron chi connectivity index (χ0n) is 24.9. The maximum Gasteiger partial charge on any atom is 0.338 e. The van der Waals surface area contributed by atoms with E-state index < -0.39 is 34.9 Å². The number of nitrogens with one attached hydrogen (secondary N) is 1. The summed E-state index contributed by atoms with van der Waals surface area (Å²) in [5, 5.41) is -0.221. The topological polar surface area (TPSA) is 135 Å². The highest BCUT2D eigenvalue weighted by Gasteiger charge is 2.56. The number of aromatic amines is 1. The first-order valence-corrected chi connectivity index (χ1v) is 16.7. The number of benzene rings is 2. The highest BCUT2D eigenvalue weighted by atomic mass is 32.2. The SMILES string of the molecule is CCOC(=O)c1ccc(N2C(=O)[C@H]3[C@H](c4ccc(OCC(=O)N5CCCCC5)c(OCC)c4)c4sc(=O)[nH]c4S[C@H]3C2=O)cc1. The highest BCUT2D eigenvalue weighted by molar-refractivity contribution is 8.00. The summed E-state index contributed by atoms with van der Waals surface area (Å²) >= 11 is 2.20. The summed E-state index contributed by atoms with van der Waals surface area (Å²) < 4.78 is 16.9. The number of thioether (sulfide) groups is 1. The Morgan fingerprint density at radius 1 is 0.911 bits per heavy atom. The van der Waals surface area contributed by atoms with E-state index in [2.05, 4.69) is 4.98 Å². The van der Waals surface area contributed by atoms with Crippen molar-refractivity contribution in [2.45, 2.75) is 49.3 Å². The summed E-state index contributed by atoms with van der Waals surface area (Å²) in [4.78, 5) is 71.5. The molecular weight excluding hydrogens is 618 g/mol. The Balaban J connectivity index is 1.31. The first-order chi connectivity index (χ1) is 21.8. The number of H-pyrrole nitrogens is 1. The van der Waals surface area contributed by atoms with Gasteiger partial charge in [-0.2, -0.15) is 0 Å². The second-order valence-corrected chi connectivity index (χ2v) is 13.1. The Morgan fingerprint density at radius 2 is 1.67 bits per heavy atom. The molecule has 2 fully saturated rings. The molecule has 2 saturated heterocycles. The van der Waals surface area contributed by atoms with Crippen LogP contribution in [0.3, 0.4) is 0 Å². The maximum atomic E-state index is 14.1. The summed E-state index contributed by atoms with van der Waals surface area (Å²) in [5.41, 5.74) is 1.34. The van der Waals surface area contributed by atoms with Crippen molar-refractivity contribution in [1.29, 1.82) is 0 Å². The fourth-order valence-electron chi connectivity index (χ4n) is 6.07. The standard InChI is InChI=1S/C32H33N3O8S2/c1-3-41-22-16-19(10-13-21(22)43-17-23(36)34-14-6-5-7-15-34)24-25-27(44-28-26(24)45-32(40)33-28)30(38)35(29(25)37)20-11-8-18(9-12-20)31(39)42-4-2/h8-13,16,24-25,27H,3-7,14-15,17H2,1-2H3,(H,33,40)/t24-,25-,27+/m0/s1. The molecule has 0 bridgehead atoms. The predicted molar refractivity (Wildman–Crippen MR) is 168 cm³/mol. The number of likely N-dealkylation sites (tertiary alicyclic amines) is 1. The molecule has 0 aliphatic carbocycles. The molecule has 13 heteroatoms. The van der Waals surface area contributed by atoms with Gasteiger partial charge in [-0.3, -0.25) is 19.2 Å². The van der Waals surface area contributed by atoms with Gasteiger partial charge in [0.2, 0.25) is 11.8 Å². The van der Waals surface area contributed by atoms with Crippen LogP contribution in [0.25, 0.3) is 0 Å². The second-order valence-electron chi connectivity index (χ2n) is 10.9. The molecule has 3 aromatic rings. The van der Waals surface area contributed by atoms with Gasteiger partial charge in [0.15, 0.2) is 18.1 Å². The number of rotatable bonds is 9. The Labute approximate surface area is 267 Å². The minimum atomic E-state index is -0.798. The van der Waals surface area contributed by atoms with Gasteiger partial charge >= 0.3 is 10.8 Å². The number of hydrogen-bond donors (Lipinski definition) is 1. The Morgan fingerprint density at radius 3 is 2.38 bits per heavy atom. The van der Waals surface area contributed by atoms with Crippen molar-refractivity contribution in [2.24, 2.45) is 5.92 Å². The minimum absolute atomic E-state index is 0.0828. The molecule has 45 heavy (non-hydrogen) atoms. The van der Waals surface area contributed by atoms with E-state index in [0.29, 0.717) is 44.8 Å². The van der Waals surface area contributed by atoms with E-state index in [1.807, 2.05) is 11.8 Å². The zero-order valence-corrected chi connectivity index (χ0v) is 26.5. The van der Waals surface area contributed by atoms with Crippen molar-refractivity contribution < 1.29 is 33.4 Å². The molecule has 0 unspecified atom stereocenters. The van der Waals surface area contributed by atoms with Gasteiger partial charge in [-0.15, -0.1) is 0 Å². The number of nitrogens with zero attached hydrogens (tertiary/aromatic N) is 2. The molecular formula is C32H33N3O8S2. The number of carbonyl (C=O) groups is 4. The van der Waals surface area contributed by atoms with E-state index in [4.69, 9.17) is 14.2 Å². The molecule has 236 valence electrons.